The van der Waals surface area contributed by atoms with Crippen LogP contribution >= 0.6 is 11.3 Å². The first-order valence-corrected chi connectivity index (χ1v) is 10.5. The van der Waals surface area contributed by atoms with Gasteiger partial charge in [0.15, 0.2) is 20.6 Å². The molecule has 25 heavy (non-hydrogen) atoms. The summed E-state index contributed by atoms with van der Waals surface area (Å²) in [6, 6.07) is 7.46. The third-order valence-corrected chi connectivity index (χ3v) is 6.18. The molecule has 0 fully saturated rings. The maximum atomic E-state index is 13.5. The number of ether oxygens (including phenoxy) is 1. The van der Waals surface area contributed by atoms with Crippen molar-refractivity contribution in [3.05, 3.63) is 52.0 Å². The number of carbonyl (C=O) groups excluding carboxylic acids is 1. The lowest BCUT2D eigenvalue weighted by Crippen LogP contribution is -2.32. The Bertz CT molecular complexity index is 971. The number of halogens is 1. The minimum absolute atomic E-state index is 0.183. The maximum absolute atomic E-state index is 13.5. The van der Waals surface area contributed by atoms with Crippen molar-refractivity contribution in [1.29, 1.82) is 0 Å². The molecule has 1 unspecified atom stereocenters. The molecule has 0 N–H and O–H groups in total. The second-order valence-corrected chi connectivity index (χ2v) is 9.03. The van der Waals surface area contributed by atoms with Gasteiger partial charge in [-0.05, 0) is 43.7 Å². The fraction of sp³-hybridized carbons (Fsp3) is 0.278. The molecule has 0 radical (unpaired) electrons. The van der Waals surface area contributed by atoms with E-state index in [1.807, 2.05) is 6.92 Å². The van der Waals surface area contributed by atoms with Crippen molar-refractivity contribution in [3.63, 3.8) is 0 Å². The summed E-state index contributed by atoms with van der Waals surface area (Å²) in [6.45, 7) is 3.55. The van der Waals surface area contributed by atoms with Gasteiger partial charge in [-0.1, -0.05) is 6.92 Å². The van der Waals surface area contributed by atoms with Crippen LogP contribution < -0.4 is 0 Å². The summed E-state index contributed by atoms with van der Waals surface area (Å²) in [6.07, 6.45) is 1.59. The monoisotopic (exact) mass is 380 g/mol. The number of sulfone groups is 1. The minimum Gasteiger partial charge on any atom is -0.478 e. The average Bonchev–Trinajstić information content (AvgIpc) is 3.09. The van der Waals surface area contributed by atoms with Crippen LogP contribution in [-0.2, 0) is 19.4 Å². The van der Waals surface area contributed by atoms with Gasteiger partial charge in [-0.25, -0.2) is 8.42 Å². The van der Waals surface area contributed by atoms with Gasteiger partial charge in [0.2, 0.25) is 5.78 Å². The number of benzene rings is 1. The number of ketones is 1. The quantitative estimate of drug-likeness (QED) is 0.806. The predicted molar refractivity (Wildman–Crippen MR) is 95.4 cm³/mol. The molecule has 2 aromatic rings. The Morgan fingerprint density at radius 2 is 1.84 bits per heavy atom. The highest BCUT2D eigenvalue weighted by Crippen LogP contribution is 2.43. The highest BCUT2D eigenvalue weighted by Gasteiger charge is 2.45. The van der Waals surface area contributed by atoms with Gasteiger partial charge >= 0.3 is 0 Å². The molecule has 1 aliphatic heterocycles. The number of thiophene rings is 1. The highest BCUT2D eigenvalue weighted by molar-refractivity contribution is 7.90. The summed E-state index contributed by atoms with van der Waals surface area (Å²) in [4.78, 5) is 13.1. The molecule has 1 atom stereocenters. The molecule has 0 bridgehead atoms. The zero-order valence-electron chi connectivity index (χ0n) is 14.0. The summed E-state index contributed by atoms with van der Waals surface area (Å²) >= 11 is 0.916. The largest absolute Gasteiger partial charge is 0.478 e. The molecular weight excluding hydrogens is 363 g/mol. The van der Waals surface area contributed by atoms with Gasteiger partial charge in [-0.15, -0.1) is 11.3 Å². The standard InChI is InChI=1S/C18H17FO4S2/c1-4-18(2)17(20)15(12-9-14(19)24-10-12)16(23-18)11-5-7-13(8-6-11)25(3,21)22/h5-10H,4H2,1-3H3. The lowest BCUT2D eigenvalue weighted by atomic mass is 9.91. The highest BCUT2D eigenvalue weighted by atomic mass is 32.2. The second kappa shape index (κ2) is 6.07. The van der Waals surface area contributed by atoms with Gasteiger partial charge in [0.25, 0.3) is 0 Å². The van der Waals surface area contributed by atoms with Crippen molar-refractivity contribution in [2.45, 2.75) is 30.8 Å². The Balaban J connectivity index is 2.15. The van der Waals surface area contributed by atoms with Crippen molar-refractivity contribution >= 4 is 38.3 Å². The Morgan fingerprint density at radius 3 is 2.32 bits per heavy atom. The van der Waals surface area contributed by atoms with Gasteiger partial charge < -0.3 is 4.74 Å². The first-order valence-electron chi connectivity index (χ1n) is 7.68. The van der Waals surface area contributed by atoms with E-state index in [1.54, 1.807) is 24.4 Å². The predicted octanol–water partition coefficient (Wildman–Crippen LogP) is 3.93. The number of hydrogen-bond acceptors (Lipinski definition) is 5. The molecule has 1 aliphatic rings. The van der Waals surface area contributed by atoms with Gasteiger partial charge in [0, 0.05) is 22.8 Å². The van der Waals surface area contributed by atoms with E-state index in [0.29, 0.717) is 28.9 Å². The Kier molecular flexibility index (Phi) is 4.33. The SMILES string of the molecule is CCC1(C)OC(c2ccc(S(C)(=O)=O)cc2)=C(c2csc(F)c2)C1=O. The third-order valence-electron chi connectivity index (χ3n) is 4.34. The van der Waals surface area contributed by atoms with Crippen molar-refractivity contribution in [2.24, 2.45) is 0 Å². The van der Waals surface area contributed by atoms with Crippen molar-refractivity contribution < 1.29 is 22.3 Å². The molecule has 1 aromatic heterocycles. The van der Waals surface area contributed by atoms with Crippen LogP contribution in [0.4, 0.5) is 4.39 Å². The minimum atomic E-state index is -3.32. The Labute approximate surface area is 149 Å². The molecule has 3 rings (SSSR count). The molecular formula is C18H17FO4S2. The van der Waals surface area contributed by atoms with Crippen LogP contribution in [0.1, 0.15) is 31.4 Å². The summed E-state index contributed by atoms with van der Waals surface area (Å²) in [5, 5.41) is 1.20. The summed E-state index contributed by atoms with van der Waals surface area (Å²) in [7, 11) is -3.32. The normalized spacial score (nSPS) is 20.9. The molecule has 4 nitrogen and oxygen atoms in total. The van der Waals surface area contributed by atoms with E-state index in [0.717, 1.165) is 17.6 Å². The molecule has 132 valence electrons. The van der Waals surface area contributed by atoms with Crippen molar-refractivity contribution in [2.75, 3.05) is 6.26 Å². The lowest BCUT2D eigenvalue weighted by molar-refractivity contribution is -0.126. The Morgan fingerprint density at radius 1 is 1.20 bits per heavy atom. The fourth-order valence-electron chi connectivity index (χ4n) is 2.68. The van der Waals surface area contributed by atoms with E-state index in [2.05, 4.69) is 0 Å². The van der Waals surface area contributed by atoms with Gasteiger partial charge in [-0.2, -0.15) is 4.39 Å². The number of hydrogen-bond donors (Lipinski definition) is 0. The molecule has 0 saturated carbocycles. The van der Waals surface area contributed by atoms with Crippen LogP contribution in [0.15, 0.2) is 40.6 Å². The first-order chi connectivity index (χ1) is 11.7. The summed E-state index contributed by atoms with van der Waals surface area (Å²) in [5.41, 5.74) is 0.376. The molecule has 2 heterocycles. The van der Waals surface area contributed by atoms with Crippen LogP contribution in [0.3, 0.4) is 0 Å². The third kappa shape index (κ3) is 3.14. The molecule has 0 spiro atoms. The van der Waals surface area contributed by atoms with Gasteiger partial charge in [-0.3, -0.25) is 4.79 Å². The van der Waals surface area contributed by atoms with Crippen LogP contribution in [0, 0.1) is 5.13 Å². The van der Waals surface area contributed by atoms with Crippen LogP contribution in [-0.4, -0.2) is 26.1 Å². The van der Waals surface area contributed by atoms with Crippen molar-refractivity contribution in [1.82, 2.24) is 0 Å². The van der Waals surface area contributed by atoms with Crippen LogP contribution in [0.2, 0.25) is 0 Å². The summed E-state index contributed by atoms with van der Waals surface area (Å²) in [5.74, 6) is 0.155. The molecule has 1 aromatic carbocycles. The van der Waals surface area contributed by atoms with Crippen molar-refractivity contribution in [3.8, 4) is 0 Å². The zero-order chi connectivity index (χ0) is 18.4. The lowest BCUT2D eigenvalue weighted by Gasteiger charge is -2.21. The van der Waals surface area contributed by atoms with E-state index >= 15 is 0 Å². The average molecular weight is 380 g/mol. The van der Waals surface area contributed by atoms with Crippen LogP contribution in [0.25, 0.3) is 11.3 Å². The molecule has 0 amide bonds. The number of rotatable bonds is 4. The van der Waals surface area contributed by atoms with E-state index in [4.69, 9.17) is 4.74 Å². The molecule has 0 saturated heterocycles. The van der Waals surface area contributed by atoms with Gasteiger partial charge in [0.05, 0.1) is 10.5 Å². The summed E-state index contributed by atoms with van der Waals surface area (Å²) < 4.78 is 42.7. The first kappa shape index (κ1) is 17.8. The van der Waals surface area contributed by atoms with Crippen LogP contribution in [0.5, 0.6) is 0 Å². The molecule has 0 aliphatic carbocycles. The number of Topliss-reactive ketones (excluding diaryl/α,β-unsaturated/α-hetero) is 1. The van der Waals surface area contributed by atoms with E-state index in [9.17, 15) is 17.6 Å². The maximum Gasteiger partial charge on any atom is 0.210 e. The number of carbonyl (C=O) groups is 1. The topological polar surface area (TPSA) is 60.4 Å². The van der Waals surface area contributed by atoms with Gasteiger partial charge in [0.1, 0.15) is 5.76 Å². The zero-order valence-corrected chi connectivity index (χ0v) is 15.6. The Hall–Kier alpha value is -1.99. The second-order valence-electron chi connectivity index (χ2n) is 6.16. The van der Waals surface area contributed by atoms with E-state index in [1.165, 1.54) is 18.2 Å². The van der Waals surface area contributed by atoms with E-state index < -0.39 is 15.4 Å². The smallest absolute Gasteiger partial charge is 0.210 e. The van der Waals surface area contributed by atoms with E-state index in [-0.39, 0.29) is 15.8 Å². The molecule has 7 heteroatoms. The fourth-order valence-corrected chi connectivity index (χ4v) is 3.93.